The molecule has 0 nitrogen and oxygen atoms in total. The molecule has 1 aliphatic carbocycles. The van der Waals surface area contributed by atoms with Crippen molar-refractivity contribution in [2.24, 2.45) is 17.8 Å². The molecule has 0 radical (unpaired) electrons. The Hall–Kier alpha value is 0.350. The Morgan fingerprint density at radius 2 is 1.92 bits per heavy atom. The van der Waals surface area contributed by atoms with Gasteiger partial charge in [-0.15, -0.1) is 0 Å². The van der Waals surface area contributed by atoms with Crippen LogP contribution in [0, 0.1) is 17.8 Å². The molecule has 3 saturated heterocycles. The first kappa shape index (κ1) is 7.73. The fourth-order valence-electron chi connectivity index (χ4n) is 3.94. The van der Waals surface area contributed by atoms with Crippen LogP contribution in [0.2, 0.25) is 0 Å². The van der Waals surface area contributed by atoms with Gasteiger partial charge in [0.05, 0.1) is 0 Å². The van der Waals surface area contributed by atoms with Crippen LogP contribution in [0.25, 0.3) is 0 Å². The van der Waals surface area contributed by atoms with Gasteiger partial charge < -0.3 is 0 Å². The van der Waals surface area contributed by atoms with Crippen molar-refractivity contribution in [3.8, 4) is 0 Å². The van der Waals surface area contributed by atoms with Gasteiger partial charge in [0.1, 0.15) is 0 Å². The Labute approximate surface area is 77.4 Å². The zero-order chi connectivity index (χ0) is 8.34. The molecule has 1 saturated carbocycles. The summed E-state index contributed by atoms with van der Waals surface area (Å²) in [5.41, 5.74) is 0. The van der Waals surface area contributed by atoms with Crippen LogP contribution in [-0.4, -0.2) is 22.5 Å². The largest absolute Gasteiger partial charge is 0.237 e. The molecule has 2 bridgehead atoms. The SMILES string of the molecule is CC1CS2(CCC2)C2CC1C2C. The van der Waals surface area contributed by atoms with E-state index >= 15 is 0 Å². The second-order valence-electron chi connectivity index (χ2n) is 5.32. The number of hydrogen-bond acceptors (Lipinski definition) is 0. The molecule has 4 aliphatic rings. The summed E-state index contributed by atoms with van der Waals surface area (Å²) in [7, 11) is -0.00868. The van der Waals surface area contributed by atoms with Crippen LogP contribution < -0.4 is 0 Å². The molecule has 3 heterocycles. The fourth-order valence-corrected chi connectivity index (χ4v) is 9.20. The van der Waals surface area contributed by atoms with Crippen molar-refractivity contribution in [2.75, 3.05) is 17.3 Å². The van der Waals surface area contributed by atoms with Crippen LogP contribution in [0.1, 0.15) is 26.7 Å². The molecule has 0 N–H and O–H groups in total. The molecule has 4 unspecified atom stereocenters. The van der Waals surface area contributed by atoms with E-state index < -0.39 is 0 Å². The predicted octanol–water partition coefficient (Wildman–Crippen LogP) is 2.87. The van der Waals surface area contributed by atoms with Gasteiger partial charge in [-0.25, -0.2) is 10.0 Å². The summed E-state index contributed by atoms with van der Waals surface area (Å²) >= 11 is 0. The van der Waals surface area contributed by atoms with E-state index in [4.69, 9.17) is 0 Å². The first-order valence-corrected chi connectivity index (χ1v) is 7.68. The van der Waals surface area contributed by atoms with Gasteiger partial charge in [-0.1, -0.05) is 13.8 Å². The summed E-state index contributed by atoms with van der Waals surface area (Å²) in [5, 5.41) is 1.23. The standard InChI is InChI=1S/C11H20S/c1-8-7-12(4-3-5-12)11-6-10(8)9(11)2/h8-11H,3-7H2,1-2H3. The van der Waals surface area contributed by atoms with E-state index in [0.29, 0.717) is 0 Å². The molecule has 0 aromatic carbocycles. The van der Waals surface area contributed by atoms with E-state index in [-0.39, 0.29) is 10.0 Å². The lowest BCUT2D eigenvalue weighted by molar-refractivity contribution is 0.132. The van der Waals surface area contributed by atoms with Gasteiger partial charge in [0.15, 0.2) is 0 Å². The Morgan fingerprint density at radius 1 is 1.17 bits per heavy atom. The van der Waals surface area contributed by atoms with Gasteiger partial charge in [-0.2, -0.15) is 0 Å². The third-order valence-electron chi connectivity index (χ3n) is 4.84. The van der Waals surface area contributed by atoms with Gasteiger partial charge in [-0.05, 0) is 53.1 Å². The minimum atomic E-state index is -0.00868. The van der Waals surface area contributed by atoms with Crippen LogP contribution in [0.3, 0.4) is 0 Å². The van der Waals surface area contributed by atoms with Crippen LogP contribution in [-0.2, 0) is 0 Å². The second kappa shape index (κ2) is 2.23. The maximum Gasteiger partial charge on any atom is -0.00802 e. The van der Waals surface area contributed by atoms with Gasteiger partial charge in [-0.3, -0.25) is 0 Å². The quantitative estimate of drug-likeness (QED) is 0.543. The summed E-state index contributed by atoms with van der Waals surface area (Å²) in [6, 6.07) is 0. The zero-order valence-electron chi connectivity index (χ0n) is 8.25. The molecule has 4 rings (SSSR count). The highest BCUT2D eigenvalue weighted by Crippen LogP contribution is 2.73. The lowest BCUT2D eigenvalue weighted by Gasteiger charge is -2.69. The molecule has 70 valence electrons. The molecule has 4 atom stereocenters. The highest BCUT2D eigenvalue weighted by Gasteiger charge is 2.56. The molecular formula is C11H20S. The third kappa shape index (κ3) is 0.724. The van der Waals surface area contributed by atoms with Crippen molar-refractivity contribution in [3.05, 3.63) is 0 Å². The molecule has 3 aliphatic heterocycles. The van der Waals surface area contributed by atoms with Crippen LogP contribution >= 0.6 is 10.0 Å². The summed E-state index contributed by atoms with van der Waals surface area (Å²) < 4.78 is 0. The van der Waals surface area contributed by atoms with E-state index in [9.17, 15) is 0 Å². The van der Waals surface area contributed by atoms with Crippen LogP contribution in [0.4, 0.5) is 0 Å². The first-order valence-electron chi connectivity index (χ1n) is 5.48. The molecule has 1 heteroatoms. The molecule has 0 aromatic rings. The number of rotatable bonds is 0. The molecular weight excluding hydrogens is 164 g/mol. The van der Waals surface area contributed by atoms with Crippen molar-refractivity contribution < 1.29 is 0 Å². The van der Waals surface area contributed by atoms with Gasteiger partial charge in [0, 0.05) is 0 Å². The van der Waals surface area contributed by atoms with E-state index in [2.05, 4.69) is 13.8 Å². The Balaban J connectivity index is 1.87. The highest BCUT2D eigenvalue weighted by atomic mass is 32.3. The number of fused-ring (bicyclic) bond motifs is 1. The second-order valence-corrected chi connectivity index (χ2v) is 9.30. The maximum atomic E-state index is 2.53. The average molecular weight is 184 g/mol. The summed E-state index contributed by atoms with van der Waals surface area (Å²) in [6.07, 6.45) is 3.19. The number of hydrogen-bond donors (Lipinski definition) is 0. The van der Waals surface area contributed by atoms with Crippen LogP contribution in [0.5, 0.6) is 0 Å². The van der Waals surface area contributed by atoms with Crippen molar-refractivity contribution in [1.82, 2.24) is 0 Å². The smallest absolute Gasteiger partial charge is 0.00802 e. The first-order chi connectivity index (χ1) is 5.73. The van der Waals surface area contributed by atoms with Crippen molar-refractivity contribution in [2.45, 2.75) is 31.9 Å². The third-order valence-corrected chi connectivity index (χ3v) is 10.1. The summed E-state index contributed by atoms with van der Waals surface area (Å²) in [6.45, 7) is 5.05. The summed E-state index contributed by atoms with van der Waals surface area (Å²) in [4.78, 5) is 0. The topological polar surface area (TPSA) is 0 Å². The highest BCUT2D eigenvalue weighted by molar-refractivity contribution is 8.35. The molecule has 0 amide bonds. The lowest BCUT2D eigenvalue weighted by atomic mass is 9.68. The zero-order valence-corrected chi connectivity index (χ0v) is 9.07. The van der Waals surface area contributed by atoms with Gasteiger partial charge in [0.25, 0.3) is 0 Å². The van der Waals surface area contributed by atoms with Crippen molar-refractivity contribution >= 4 is 10.0 Å². The van der Waals surface area contributed by atoms with E-state index in [1.807, 2.05) is 0 Å². The Bertz CT molecular complexity index is 203. The predicted molar refractivity (Wildman–Crippen MR) is 57.0 cm³/mol. The van der Waals surface area contributed by atoms with Crippen molar-refractivity contribution in [3.63, 3.8) is 0 Å². The van der Waals surface area contributed by atoms with Crippen molar-refractivity contribution in [1.29, 1.82) is 0 Å². The molecule has 4 fully saturated rings. The average Bonchev–Trinajstić information content (AvgIpc) is 1.98. The normalized spacial score (nSPS) is 57.2. The summed E-state index contributed by atoms with van der Waals surface area (Å²) in [5.74, 6) is 8.29. The van der Waals surface area contributed by atoms with E-state index in [1.165, 1.54) is 5.25 Å². The maximum absolute atomic E-state index is 2.53. The van der Waals surface area contributed by atoms with Gasteiger partial charge in [0.2, 0.25) is 0 Å². The molecule has 0 aromatic heterocycles. The minimum absolute atomic E-state index is 0.00868. The van der Waals surface area contributed by atoms with E-state index in [1.54, 1.807) is 30.1 Å². The monoisotopic (exact) mass is 184 g/mol. The van der Waals surface area contributed by atoms with Gasteiger partial charge >= 0.3 is 0 Å². The van der Waals surface area contributed by atoms with E-state index in [0.717, 1.165) is 17.8 Å². The lowest BCUT2D eigenvalue weighted by Crippen LogP contribution is -2.57. The minimum Gasteiger partial charge on any atom is -0.237 e. The Kier molecular flexibility index (Phi) is 1.44. The van der Waals surface area contributed by atoms with Crippen LogP contribution in [0.15, 0.2) is 0 Å². The Morgan fingerprint density at radius 3 is 2.33 bits per heavy atom. The fraction of sp³-hybridized carbons (Fsp3) is 1.00. The molecule has 12 heavy (non-hydrogen) atoms. The molecule has 1 spiro atoms.